The first kappa shape index (κ1) is 31.1. The summed E-state index contributed by atoms with van der Waals surface area (Å²) in [6, 6.07) is 19.0. The summed E-state index contributed by atoms with van der Waals surface area (Å²) in [5.41, 5.74) is 2.00. The van der Waals surface area contributed by atoms with Crippen molar-refractivity contribution in [2.24, 2.45) is 0 Å². The molecule has 0 aromatic heterocycles. The van der Waals surface area contributed by atoms with Crippen molar-refractivity contribution >= 4 is 11.7 Å². The number of hydrogen-bond donors (Lipinski definition) is 0. The second-order valence-electron chi connectivity index (χ2n) is 9.87. The lowest BCUT2D eigenvalue weighted by Crippen LogP contribution is -2.13. The number of nitro benzene ring substituents is 1. The molecule has 0 spiro atoms. The maximum Gasteiger partial charge on any atom is 0.343 e. The molecule has 1 atom stereocenters. The number of ether oxygens (including phenoxy) is 3. The van der Waals surface area contributed by atoms with Crippen LogP contribution < -0.4 is 14.2 Å². The normalized spacial score (nSPS) is 11.3. The van der Waals surface area contributed by atoms with Crippen molar-refractivity contribution in [3.05, 3.63) is 108 Å². The van der Waals surface area contributed by atoms with Crippen molar-refractivity contribution in [3.63, 3.8) is 0 Å². The third-order valence-electron chi connectivity index (χ3n) is 6.57. The van der Waals surface area contributed by atoms with E-state index >= 15 is 0 Å². The Kier molecular flexibility index (Phi) is 12.6. The molecule has 0 saturated carbocycles. The van der Waals surface area contributed by atoms with Gasteiger partial charge in [-0.25, -0.2) is 4.79 Å². The molecule has 3 rings (SSSR count). The number of nitro groups is 1. The third-order valence-corrected chi connectivity index (χ3v) is 6.57. The van der Waals surface area contributed by atoms with Crippen LogP contribution in [0, 0.1) is 10.1 Å². The van der Waals surface area contributed by atoms with Crippen molar-refractivity contribution in [2.75, 3.05) is 6.61 Å². The average molecular weight is 558 g/mol. The molecule has 0 N–H and O–H groups in total. The van der Waals surface area contributed by atoms with Gasteiger partial charge in [0.05, 0.1) is 29.3 Å². The summed E-state index contributed by atoms with van der Waals surface area (Å²) in [6.45, 7) is 9.96. The molecular formula is C34H39NO6. The number of rotatable bonds is 18. The van der Waals surface area contributed by atoms with Gasteiger partial charge in [0.25, 0.3) is 0 Å². The first-order valence-electron chi connectivity index (χ1n) is 14.1. The minimum absolute atomic E-state index is 0.0696. The highest BCUT2D eigenvalue weighted by Crippen LogP contribution is 2.33. The van der Waals surface area contributed by atoms with Gasteiger partial charge in [-0.1, -0.05) is 55.7 Å². The molecule has 3 aromatic carbocycles. The van der Waals surface area contributed by atoms with Crippen LogP contribution in [0.15, 0.2) is 92.0 Å². The van der Waals surface area contributed by atoms with E-state index in [0.717, 1.165) is 42.6 Å². The molecule has 7 nitrogen and oxygen atoms in total. The Morgan fingerprint density at radius 3 is 2.12 bits per heavy atom. The number of allylic oxidation sites excluding steroid dienone is 2. The molecule has 0 bridgehead atoms. The number of carbonyl (C=O) groups is 1. The Balaban J connectivity index is 1.53. The largest absolute Gasteiger partial charge is 0.494 e. The van der Waals surface area contributed by atoms with Crippen LogP contribution in [-0.2, 0) is 0 Å². The van der Waals surface area contributed by atoms with Crippen LogP contribution in [0.4, 0.5) is 5.69 Å². The Morgan fingerprint density at radius 1 is 0.854 bits per heavy atom. The highest BCUT2D eigenvalue weighted by atomic mass is 16.6. The zero-order chi connectivity index (χ0) is 29.5. The zero-order valence-electron chi connectivity index (χ0n) is 23.8. The highest BCUT2D eigenvalue weighted by Gasteiger charge is 2.20. The van der Waals surface area contributed by atoms with Crippen molar-refractivity contribution in [1.29, 1.82) is 0 Å². The molecule has 0 aliphatic heterocycles. The van der Waals surface area contributed by atoms with Gasteiger partial charge >= 0.3 is 11.7 Å². The lowest BCUT2D eigenvalue weighted by molar-refractivity contribution is -0.386. The number of hydrogen-bond acceptors (Lipinski definition) is 6. The van der Waals surface area contributed by atoms with Gasteiger partial charge in [-0.15, -0.1) is 13.2 Å². The molecule has 0 fully saturated rings. The van der Waals surface area contributed by atoms with E-state index in [9.17, 15) is 14.9 Å². The first-order valence-corrected chi connectivity index (χ1v) is 14.1. The molecule has 0 amide bonds. The van der Waals surface area contributed by atoms with E-state index in [1.54, 1.807) is 18.2 Å². The minimum atomic E-state index is -0.608. The molecule has 0 radical (unpaired) electrons. The average Bonchev–Trinajstić information content (AvgIpc) is 2.98. The van der Waals surface area contributed by atoms with Gasteiger partial charge in [0.2, 0.25) is 0 Å². The molecular weight excluding hydrogens is 518 g/mol. The molecule has 0 saturated heterocycles. The van der Waals surface area contributed by atoms with Crippen molar-refractivity contribution < 1.29 is 23.9 Å². The van der Waals surface area contributed by atoms with Gasteiger partial charge in [0.15, 0.2) is 5.75 Å². The molecule has 3 aromatic rings. The Hall–Kier alpha value is -4.39. The van der Waals surface area contributed by atoms with Gasteiger partial charge in [-0.3, -0.25) is 10.1 Å². The van der Waals surface area contributed by atoms with E-state index in [1.807, 2.05) is 49.4 Å². The number of esters is 1. The molecule has 216 valence electrons. The Bertz CT molecular complexity index is 1280. The SMILES string of the molecule is C=CCCCCCCCOc1ccc(-c2ccc(C(=O)Oc3ccc(O[C@@H](C)CCC=C)c([N+](=O)[O-])c3)cc2)cc1. The summed E-state index contributed by atoms with van der Waals surface area (Å²) in [5, 5.41) is 11.6. The number of carbonyl (C=O) groups excluding carboxylic acids is 1. The van der Waals surface area contributed by atoms with Gasteiger partial charge in [0, 0.05) is 0 Å². The van der Waals surface area contributed by atoms with Crippen LogP contribution >= 0.6 is 0 Å². The maximum atomic E-state index is 12.7. The number of benzene rings is 3. The fourth-order valence-electron chi connectivity index (χ4n) is 4.25. The quantitative estimate of drug-likeness (QED) is 0.0387. The van der Waals surface area contributed by atoms with E-state index in [0.29, 0.717) is 18.6 Å². The molecule has 0 aliphatic carbocycles. The lowest BCUT2D eigenvalue weighted by atomic mass is 10.0. The van der Waals surface area contributed by atoms with Gasteiger partial charge < -0.3 is 14.2 Å². The minimum Gasteiger partial charge on any atom is -0.494 e. The summed E-state index contributed by atoms with van der Waals surface area (Å²) in [4.78, 5) is 23.8. The first-order chi connectivity index (χ1) is 19.9. The molecule has 7 heteroatoms. The predicted octanol–water partition coefficient (Wildman–Crippen LogP) is 9.12. The number of unbranched alkanes of at least 4 members (excludes halogenated alkanes) is 5. The summed E-state index contributed by atoms with van der Waals surface area (Å²) in [5.74, 6) is 0.419. The smallest absolute Gasteiger partial charge is 0.343 e. The molecule has 0 aliphatic rings. The van der Waals surface area contributed by atoms with Crippen LogP contribution in [0.5, 0.6) is 17.2 Å². The van der Waals surface area contributed by atoms with Crippen LogP contribution in [0.2, 0.25) is 0 Å². The lowest BCUT2D eigenvalue weighted by Gasteiger charge is -2.14. The second-order valence-corrected chi connectivity index (χ2v) is 9.87. The van der Waals surface area contributed by atoms with Crippen molar-refractivity contribution in [2.45, 2.75) is 64.4 Å². The Morgan fingerprint density at radius 2 is 1.46 bits per heavy atom. The fraction of sp³-hybridized carbons (Fsp3) is 0.324. The fourth-order valence-corrected chi connectivity index (χ4v) is 4.25. The van der Waals surface area contributed by atoms with Crippen LogP contribution in [0.3, 0.4) is 0 Å². The summed E-state index contributed by atoms with van der Waals surface area (Å²) in [7, 11) is 0. The summed E-state index contributed by atoms with van der Waals surface area (Å²) < 4.78 is 17.0. The van der Waals surface area contributed by atoms with Gasteiger partial charge in [-0.2, -0.15) is 0 Å². The Labute approximate surface area is 242 Å². The molecule has 0 unspecified atom stereocenters. The second kappa shape index (κ2) is 16.7. The molecule has 41 heavy (non-hydrogen) atoms. The zero-order valence-corrected chi connectivity index (χ0v) is 23.8. The van der Waals surface area contributed by atoms with E-state index in [-0.39, 0.29) is 23.3 Å². The van der Waals surface area contributed by atoms with Crippen LogP contribution in [-0.4, -0.2) is 23.6 Å². The van der Waals surface area contributed by atoms with Gasteiger partial charge in [-0.05, 0) is 86.6 Å². The maximum absolute atomic E-state index is 12.7. The predicted molar refractivity (Wildman–Crippen MR) is 163 cm³/mol. The van der Waals surface area contributed by atoms with Crippen LogP contribution in [0.25, 0.3) is 11.1 Å². The standard InChI is InChI=1S/C34H39NO6/c1-4-6-8-9-10-11-12-24-39-30-20-18-28(19-21-30)27-14-16-29(17-15-27)34(36)41-31-22-23-33(32(25-31)35(37)38)40-26(3)13-7-5-2/h4-5,14-23,25-26H,1-2,6-13,24H2,3H3/t26-/m0/s1. The van der Waals surface area contributed by atoms with Gasteiger partial charge in [0.1, 0.15) is 11.5 Å². The van der Waals surface area contributed by atoms with Crippen LogP contribution in [0.1, 0.15) is 68.6 Å². The summed E-state index contributed by atoms with van der Waals surface area (Å²) >= 11 is 0. The van der Waals surface area contributed by atoms with E-state index < -0.39 is 10.9 Å². The number of nitrogens with zero attached hydrogens (tertiary/aromatic N) is 1. The topological polar surface area (TPSA) is 87.9 Å². The third kappa shape index (κ3) is 10.3. The van der Waals surface area contributed by atoms with E-state index in [2.05, 4.69) is 13.2 Å². The monoisotopic (exact) mass is 557 g/mol. The molecule has 0 heterocycles. The van der Waals surface area contributed by atoms with E-state index in [4.69, 9.17) is 14.2 Å². The summed E-state index contributed by atoms with van der Waals surface area (Å²) in [6.07, 6.45) is 11.9. The highest BCUT2D eigenvalue weighted by molar-refractivity contribution is 5.91. The van der Waals surface area contributed by atoms with E-state index in [1.165, 1.54) is 37.5 Å². The van der Waals surface area contributed by atoms with Crippen molar-refractivity contribution in [3.8, 4) is 28.4 Å². The van der Waals surface area contributed by atoms with Crippen molar-refractivity contribution in [1.82, 2.24) is 0 Å².